The highest BCUT2D eigenvalue weighted by Gasteiger charge is 2.26. The third kappa shape index (κ3) is 7.79. The van der Waals surface area contributed by atoms with Crippen LogP contribution in [0.5, 0.6) is 0 Å². The third-order valence-corrected chi connectivity index (χ3v) is 8.19. The average molecular weight is 637 g/mol. The van der Waals surface area contributed by atoms with Crippen LogP contribution in [0.15, 0.2) is 117 Å². The number of amides is 2. The van der Waals surface area contributed by atoms with Gasteiger partial charge >= 0.3 is 0 Å². The van der Waals surface area contributed by atoms with Crippen LogP contribution in [0, 0.1) is 0 Å². The molecule has 0 aliphatic carbocycles. The van der Waals surface area contributed by atoms with E-state index in [4.69, 9.17) is 9.11 Å². The first-order valence-electron chi connectivity index (χ1n) is 13.1. The lowest BCUT2D eigenvalue weighted by atomic mass is 10.1. The monoisotopic (exact) mass is 636 g/mol. The minimum absolute atomic E-state index is 0.0233. The van der Waals surface area contributed by atoms with Gasteiger partial charge < -0.3 is 0 Å². The van der Waals surface area contributed by atoms with Crippen molar-refractivity contribution < 1.29 is 35.5 Å². The minimum atomic E-state index is -4.78. The van der Waals surface area contributed by atoms with Crippen molar-refractivity contribution in [2.75, 3.05) is 10.0 Å². The summed E-state index contributed by atoms with van der Waals surface area (Å²) in [6.45, 7) is 3.72. The molecule has 0 aromatic heterocycles. The van der Waals surface area contributed by atoms with Gasteiger partial charge in [-0.05, 0) is 49.6 Å². The SMILES string of the molecule is CC1=NN(c2ccccc2)C(=O)C1.CC1=NN(c2ccccc2)C(=O)C1.O=S(=O)(O)c1ccc2ccccc2c1S(=O)(=O)O. The Morgan fingerprint density at radius 3 is 1.41 bits per heavy atom. The largest absolute Gasteiger partial charge is 0.296 e. The highest BCUT2D eigenvalue weighted by atomic mass is 32.2. The number of fused-ring (bicyclic) bond motifs is 1. The van der Waals surface area contributed by atoms with E-state index in [1.165, 1.54) is 28.2 Å². The first kappa shape index (κ1) is 32.2. The molecule has 0 fully saturated rings. The van der Waals surface area contributed by atoms with E-state index in [1.54, 1.807) is 12.1 Å². The predicted octanol–water partition coefficient (Wildman–Crippen LogP) is 4.93. The predicted molar refractivity (Wildman–Crippen MR) is 167 cm³/mol. The molecule has 0 radical (unpaired) electrons. The zero-order valence-electron chi connectivity index (χ0n) is 23.6. The normalized spacial score (nSPS) is 14.8. The highest BCUT2D eigenvalue weighted by molar-refractivity contribution is 7.89. The van der Waals surface area contributed by atoms with Crippen LogP contribution < -0.4 is 10.0 Å². The van der Waals surface area contributed by atoms with Gasteiger partial charge in [0.15, 0.2) is 0 Å². The Morgan fingerprint density at radius 1 is 0.591 bits per heavy atom. The van der Waals surface area contributed by atoms with E-state index in [2.05, 4.69) is 10.2 Å². The molecule has 0 saturated carbocycles. The van der Waals surface area contributed by atoms with Crippen LogP contribution in [0.1, 0.15) is 26.7 Å². The smallest absolute Gasteiger partial charge is 0.282 e. The van der Waals surface area contributed by atoms with Gasteiger partial charge in [0.1, 0.15) is 9.79 Å². The molecule has 6 rings (SSSR count). The summed E-state index contributed by atoms with van der Waals surface area (Å²) in [6.07, 6.45) is 0.879. The van der Waals surface area contributed by atoms with Crippen molar-refractivity contribution in [1.29, 1.82) is 0 Å². The maximum atomic E-state index is 11.4. The quantitative estimate of drug-likeness (QED) is 0.297. The number of carbonyl (C=O) groups excluding carboxylic acids is 2. The molecule has 2 aliphatic heterocycles. The number of anilines is 2. The molecule has 2 aliphatic rings. The van der Waals surface area contributed by atoms with Gasteiger partial charge in [-0.15, -0.1) is 0 Å². The molecule has 0 spiro atoms. The number of hydrogen-bond acceptors (Lipinski definition) is 8. The molecule has 14 heteroatoms. The van der Waals surface area contributed by atoms with Crippen LogP contribution in [-0.4, -0.2) is 49.2 Å². The van der Waals surface area contributed by atoms with Crippen LogP contribution in [0.25, 0.3) is 10.8 Å². The Hall–Kier alpha value is -4.76. The van der Waals surface area contributed by atoms with E-state index >= 15 is 0 Å². The van der Waals surface area contributed by atoms with Crippen LogP contribution in [-0.2, 0) is 29.8 Å². The lowest BCUT2D eigenvalue weighted by Gasteiger charge is -2.10. The summed E-state index contributed by atoms with van der Waals surface area (Å²) < 4.78 is 63.0. The lowest BCUT2D eigenvalue weighted by Crippen LogP contribution is -2.19. The Kier molecular flexibility index (Phi) is 9.69. The van der Waals surface area contributed by atoms with Gasteiger partial charge in [0.2, 0.25) is 0 Å². The molecule has 4 aromatic carbocycles. The fourth-order valence-corrected chi connectivity index (χ4v) is 6.35. The van der Waals surface area contributed by atoms with Gasteiger partial charge in [0.05, 0.1) is 24.2 Å². The van der Waals surface area contributed by atoms with Gasteiger partial charge in [0, 0.05) is 16.8 Å². The molecule has 0 bridgehead atoms. The van der Waals surface area contributed by atoms with Crippen LogP contribution in [0.4, 0.5) is 11.4 Å². The maximum absolute atomic E-state index is 11.4. The highest BCUT2D eigenvalue weighted by Crippen LogP contribution is 2.29. The van der Waals surface area contributed by atoms with Crippen molar-refractivity contribution in [2.24, 2.45) is 10.2 Å². The number of hydrogen-bond donors (Lipinski definition) is 2. The molecule has 2 N–H and O–H groups in total. The molecule has 4 aromatic rings. The van der Waals surface area contributed by atoms with Crippen molar-refractivity contribution in [2.45, 2.75) is 36.5 Å². The average Bonchev–Trinajstić information content (AvgIpc) is 3.51. The van der Waals surface area contributed by atoms with Crippen molar-refractivity contribution in [3.8, 4) is 0 Å². The van der Waals surface area contributed by atoms with Crippen molar-refractivity contribution in [3.05, 3.63) is 97.1 Å². The third-order valence-electron chi connectivity index (χ3n) is 6.21. The zero-order valence-corrected chi connectivity index (χ0v) is 25.2. The van der Waals surface area contributed by atoms with Gasteiger partial charge in [-0.2, -0.15) is 27.0 Å². The topological polar surface area (TPSA) is 174 Å². The summed E-state index contributed by atoms with van der Waals surface area (Å²) >= 11 is 0. The fraction of sp³-hybridized carbons (Fsp3) is 0.133. The second-order valence-electron chi connectivity index (χ2n) is 9.67. The molecular weight excluding hydrogens is 608 g/mol. The summed E-state index contributed by atoms with van der Waals surface area (Å²) in [7, 11) is -9.53. The number of para-hydroxylation sites is 2. The Balaban J connectivity index is 0.000000154. The number of nitrogens with zero attached hydrogens (tertiary/aromatic N) is 4. The molecule has 44 heavy (non-hydrogen) atoms. The number of carbonyl (C=O) groups is 2. The van der Waals surface area contributed by atoms with E-state index < -0.39 is 30.0 Å². The second-order valence-corrected chi connectivity index (χ2v) is 12.4. The fourth-order valence-electron chi connectivity index (χ4n) is 4.35. The van der Waals surface area contributed by atoms with Gasteiger partial charge in [-0.25, -0.2) is 10.0 Å². The second kappa shape index (κ2) is 13.3. The molecule has 2 amide bonds. The first-order valence-corrected chi connectivity index (χ1v) is 15.9. The molecule has 12 nitrogen and oxygen atoms in total. The Morgan fingerprint density at radius 2 is 1.02 bits per heavy atom. The molecule has 0 unspecified atom stereocenters. The van der Waals surface area contributed by atoms with E-state index in [0.29, 0.717) is 18.2 Å². The van der Waals surface area contributed by atoms with E-state index in [0.717, 1.165) is 28.9 Å². The first-order chi connectivity index (χ1) is 20.8. The van der Waals surface area contributed by atoms with Gasteiger partial charge in [-0.1, -0.05) is 66.7 Å². The van der Waals surface area contributed by atoms with Crippen molar-refractivity contribution in [3.63, 3.8) is 0 Å². The number of hydrazone groups is 2. The number of rotatable bonds is 4. The maximum Gasteiger partial charge on any atom is 0.296 e. The van der Waals surface area contributed by atoms with Crippen molar-refractivity contribution >= 4 is 65.6 Å². The molecule has 0 atom stereocenters. The number of benzene rings is 4. The molecular formula is C30H28N4O8S2. The standard InChI is InChI=1S/2C10H10N2O.C10H8O6S2/c2*1-8-7-10(13)12(11-8)9-5-3-2-4-6-9;11-17(12,13)9-6-5-7-3-1-2-4-8(7)10(9)18(14,15)16/h2*2-6H,7H2,1H3;1-6H,(H,11,12,13)(H,14,15,16). The summed E-state index contributed by atoms with van der Waals surface area (Å²) in [4.78, 5) is 21.1. The van der Waals surface area contributed by atoms with Gasteiger partial charge in [0.25, 0.3) is 32.1 Å². The molecule has 228 valence electrons. The molecule has 2 heterocycles. The van der Waals surface area contributed by atoms with Crippen LogP contribution in [0.2, 0.25) is 0 Å². The lowest BCUT2D eigenvalue weighted by molar-refractivity contribution is -0.117. The van der Waals surface area contributed by atoms with Crippen LogP contribution >= 0.6 is 0 Å². The van der Waals surface area contributed by atoms with Crippen LogP contribution in [0.3, 0.4) is 0 Å². The zero-order chi connectivity index (χ0) is 32.1. The van der Waals surface area contributed by atoms with Gasteiger partial charge in [-0.3, -0.25) is 18.7 Å². The Labute approximate surface area is 254 Å². The Bertz CT molecular complexity index is 1910. The summed E-state index contributed by atoms with van der Waals surface area (Å²) in [5, 5.41) is 11.6. The minimum Gasteiger partial charge on any atom is -0.282 e. The van der Waals surface area contributed by atoms with Crippen molar-refractivity contribution in [1.82, 2.24) is 0 Å². The summed E-state index contributed by atoms with van der Waals surface area (Å²) in [5.41, 5.74) is 3.41. The van der Waals surface area contributed by atoms with E-state index in [1.807, 2.05) is 74.5 Å². The summed E-state index contributed by atoms with van der Waals surface area (Å²) in [5.74, 6) is 0.0902. The summed E-state index contributed by atoms with van der Waals surface area (Å²) in [6, 6.07) is 27.2. The van der Waals surface area contributed by atoms with E-state index in [9.17, 15) is 26.4 Å². The molecule has 0 saturated heterocycles. The van der Waals surface area contributed by atoms with E-state index in [-0.39, 0.29) is 17.2 Å².